The number of carbonyl (C=O) groups excluding carboxylic acids is 2. The Morgan fingerprint density at radius 1 is 1.00 bits per heavy atom. The molecule has 0 saturated carbocycles. The summed E-state index contributed by atoms with van der Waals surface area (Å²) in [4.78, 5) is 27.7. The molecule has 3 aromatic rings. The van der Waals surface area contributed by atoms with Crippen molar-refractivity contribution >= 4 is 23.2 Å². The van der Waals surface area contributed by atoms with Crippen LogP contribution in [-0.4, -0.2) is 32.6 Å². The van der Waals surface area contributed by atoms with Crippen LogP contribution < -0.4 is 24.4 Å². The molecule has 0 aromatic heterocycles. The fourth-order valence-corrected chi connectivity index (χ4v) is 3.48. The van der Waals surface area contributed by atoms with E-state index in [-0.39, 0.29) is 11.8 Å². The van der Waals surface area contributed by atoms with Crippen LogP contribution in [0.1, 0.15) is 27.6 Å². The lowest BCUT2D eigenvalue weighted by atomic mass is 10.1. The Kier molecular flexibility index (Phi) is 5.49. The molecule has 158 valence electrons. The van der Waals surface area contributed by atoms with Crippen LogP contribution in [0.25, 0.3) is 0 Å². The van der Waals surface area contributed by atoms with Gasteiger partial charge in [-0.1, -0.05) is 12.1 Å². The van der Waals surface area contributed by atoms with Crippen LogP contribution in [0, 0.1) is 0 Å². The number of benzene rings is 3. The molecule has 1 aliphatic rings. The summed E-state index contributed by atoms with van der Waals surface area (Å²) >= 11 is 0. The number of carbonyl (C=O) groups is 2. The molecule has 31 heavy (non-hydrogen) atoms. The van der Waals surface area contributed by atoms with Crippen molar-refractivity contribution in [3.8, 4) is 23.0 Å². The second kappa shape index (κ2) is 8.39. The molecule has 0 spiro atoms. The van der Waals surface area contributed by atoms with E-state index in [0.717, 1.165) is 0 Å². The van der Waals surface area contributed by atoms with Crippen LogP contribution in [0.4, 0.5) is 11.4 Å². The van der Waals surface area contributed by atoms with E-state index in [9.17, 15) is 9.59 Å². The molecule has 7 nitrogen and oxygen atoms in total. The summed E-state index contributed by atoms with van der Waals surface area (Å²) in [5.74, 6) is 1.57. The number of ether oxygens (including phenoxy) is 3. The van der Waals surface area contributed by atoms with Crippen molar-refractivity contribution in [2.45, 2.75) is 6.92 Å². The second-order valence-corrected chi connectivity index (χ2v) is 6.85. The first-order valence-electron chi connectivity index (χ1n) is 9.82. The minimum absolute atomic E-state index is 0.177. The van der Waals surface area contributed by atoms with Gasteiger partial charge in [-0.05, 0) is 49.4 Å². The molecular weight excluding hydrogens is 396 g/mol. The van der Waals surface area contributed by atoms with Crippen molar-refractivity contribution in [1.82, 2.24) is 0 Å². The minimum atomic E-state index is -0.348. The zero-order chi connectivity index (χ0) is 22.0. The lowest BCUT2D eigenvalue weighted by molar-refractivity contribution is 0.0985. The third kappa shape index (κ3) is 3.77. The van der Waals surface area contributed by atoms with Crippen LogP contribution in [0.3, 0.4) is 0 Å². The quantitative estimate of drug-likeness (QED) is 0.648. The summed E-state index contributed by atoms with van der Waals surface area (Å²) < 4.78 is 16.6. The molecule has 0 fully saturated rings. The highest BCUT2D eigenvalue weighted by Gasteiger charge is 2.28. The maximum atomic E-state index is 13.1. The van der Waals surface area contributed by atoms with E-state index in [4.69, 9.17) is 14.2 Å². The number of fused-ring (bicyclic) bond motifs is 2. The molecule has 0 aliphatic carbocycles. The molecule has 1 heterocycles. The zero-order valence-electron chi connectivity index (χ0n) is 17.5. The second-order valence-electron chi connectivity index (χ2n) is 6.85. The van der Waals surface area contributed by atoms with Gasteiger partial charge in [-0.3, -0.25) is 9.59 Å². The predicted octanol–water partition coefficient (Wildman–Crippen LogP) is 4.73. The lowest BCUT2D eigenvalue weighted by Crippen LogP contribution is -2.30. The van der Waals surface area contributed by atoms with Crippen molar-refractivity contribution in [2.75, 3.05) is 31.0 Å². The van der Waals surface area contributed by atoms with Gasteiger partial charge in [0, 0.05) is 18.2 Å². The highest BCUT2D eigenvalue weighted by atomic mass is 16.5. The maximum Gasteiger partial charge on any atom is 0.262 e. The van der Waals surface area contributed by atoms with Gasteiger partial charge in [0.2, 0.25) is 0 Å². The van der Waals surface area contributed by atoms with E-state index in [1.807, 2.05) is 13.0 Å². The Hall–Kier alpha value is -4.00. The Labute approximate surface area is 180 Å². The Morgan fingerprint density at radius 2 is 1.81 bits per heavy atom. The molecule has 0 unspecified atom stereocenters. The van der Waals surface area contributed by atoms with E-state index in [2.05, 4.69) is 5.32 Å². The van der Waals surface area contributed by atoms with Crippen molar-refractivity contribution in [3.63, 3.8) is 0 Å². The molecule has 0 radical (unpaired) electrons. The summed E-state index contributed by atoms with van der Waals surface area (Å²) in [5.41, 5.74) is 1.87. The lowest BCUT2D eigenvalue weighted by Gasteiger charge is -2.21. The van der Waals surface area contributed by atoms with Crippen molar-refractivity contribution < 1.29 is 23.8 Å². The highest BCUT2D eigenvalue weighted by Crippen LogP contribution is 2.39. The van der Waals surface area contributed by atoms with Crippen LogP contribution in [0.15, 0.2) is 60.7 Å². The number of nitrogens with zero attached hydrogens (tertiary/aromatic N) is 1. The number of hydrogen-bond donors (Lipinski definition) is 1. The predicted molar refractivity (Wildman–Crippen MR) is 118 cm³/mol. The first kappa shape index (κ1) is 20.3. The standard InChI is InChI=1S/C24H22N2O5/c1-4-26-19-13-15(23(27)25-18-14-16(29-2)10-12-21(18)30-3)9-11-22(19)31-20-8-6-5-7-17(20)24(26)28/h5-14H,4H2,1-3H3,(H,25,27). The normalized spacial score (nSPS) is 12.2. The van der Waals surface area contributed by atoms with Crippen LogP contribution >= 0.6 is 0 Å². The number of nitrogens with one attached hydrogen (secondary N) is 1. The molecule has 7 heteroatoms. The first-order valence-corrected chi connectivity index (χ1v) is 9.82. The monoisotopic (exact) mass is 418 g/mol. The number of rotatable bonds is 5. The molecule has 1 N–H and O–H groups in total. The Morgan fingerprint density at radius 3 is 2.55 bits per heavy atom. The molecule has 2 amide bonds. The van der Waals surface area contributed by atoms with Gasteiger partial charge in [0.15, 0.2) is 5.75 Å². The smallest absolute Gasteiger partial charge is 0.262 e. The fraction of sp³-hybridized carbons (Fsp3) is 0.167. The SMILES string of the molecule is CCN1C(=O)c2ccccc2Oc2ccc(C(=O)Nc3cc(OC)ccc3OC)cc21. The molecule has 0 saturated heterocycles. The highest BCUT2D eigenvalue weighted by molar-refractivity contribution is 6.11. The molecule has 3 aromatic carbocycles. The number of amides is 2. The van der Waals surface area contributed by atoms with E-state index < -0.39 is 0 Å². The molecular formula is C24H22N2O5. The molecule has 4 rings (SSSR count). The summed E-state index contributed by atoms with van der Waals surface area (Å²) in [7, 11) is 3.08. The molecule has 0 atom stereocenters. The first-order chi connectivity index (χ1) is 15.0. The van der Waals surface area contributed by atoms with Gasteiger partial charge < -0.3 is 24.4 Å². The van der Waals surface area contributed by atoms with E-state index in [1.54, 1.807) is 66.6 Å². The van der Waals surface area contributed by atoms with E-state index in [0.29, 0.717) is 52.0 Å². The average Bonchev–Trinajstić information content (AvgIpc) is 2.92. The third-order valence-corrected chi connectivity index (χ3v) is 5.07. The van der Waals surface area contributed by atoms with Crippen LogP contribution in [0.5, 0.6) is 23.0 Å². The molecule has 1 aliphatic heterocycles. The zero-order valence-corrected chi connectivity index (χ0v) is 17.5. The average molecular weight is 418 g/mol. The van der Waals surface area contributed by atoms with Gasteiger partial charge in [0.1, 0.15) is 17.2 Å². The fourth-order valence-electron chi connectivity index (χ4n) is 3.48. The summed E-state index contributed by atoms with van der Waals surface area (Å²) in [5, 5.41) is 2.85. The molecule has 0 bridgehead atoms. The Bertz CT molecular complexity index is 1160. The van der Waals surface area contributed by atoms with E-state index in [1.165, 1.54) is 7.11 Å². The minimum Gasteiger partial charge on any atom is -0.497 e. The third-order valence-electron chi connectivity index (χ3n) is 5.07. The summed E-state index contributed by atoms with van der Waals surface area (Å²) in [6.45, 7) is 2.31. The topological polar surface area (TPSA) is 77.1 Å². The van der Waals surface area contributed by atoms with Gasteiger partial charge in [-0.2, -0.15) is 0 Å². The summed E-state index contributed by atoms with van der Waals surface area (Å²) in [6.07, 6.45) is 0. The number of hydrogen-bond acceptors (Lipinski definition) is 5. The van der Waals surface area contributed by atoms with Gasteiger partial charge >= 0.3 is 0 Å². The number of para-hydroxylation sites is 1. The largest absolute Gasteiger partial charge is 0.497 e. The maximum absolute atomic E-state index is 13.1. The van der Waals surface area contributed by atoms with Crippen LogP contribution in [0.2, 0.25) is 0 Å². The number of anilines is 2. The van der Waals surface area contributed by atoms with Gasteiger partial charge in [0.05, 0.1) is 31.2 Å². The van der Waals surface area contributed by atoms with Gasteiger partial charge in [-0.25, -0.2) is 0 Å². The van der Waals surface area contributed by atoms with E-state index >= 15 is 0 Å². The Balaban J connectivity index is 1.69. The van der Waals surface area contributed by atoms with Crippen molar-refractivity contribution in [3.05, 3.63) is 71.8 Å². The van der Waals surface area contributed by atoms with Crippen molar-refractivity contribution in [2.24, 2.45) is 0 Å². The van der Waals surface area contributed by atoms with Gasteiger partial charge in [0.25, 0.3) is 11.8 Å². The number of methoxy groups -OCH3 is 2. The van der Waals surface area contributed by atoms with Crippen molar-refractivity contribution in [1.29, 1.82) is 0 Å². The summed E-state index contributed by atoms with van der Waals surface area (Å²) in [6, 6.07) is 17.3. The van der Waals surface area contributed by atoms with Gasteiger partial charge in [-0.15, -0.1) is 0 Å². The van der Waals surface area contributed by atoms with Crippen LogP contribution in [-0.2, 0) is 0 Å².